The van der Waals surface area contributed by atoms with Gasteiger partial charge < -0.3 is 20.7 Å². The molecule has 19 heavy (non-hydrogen) atoms. The first kappa shape index (κ1) is 13.6. The lowest BCUT2D eigenvalue weighted by Crippen LogP contribution is -2.32. The first-order chi connectivity index (χ1) is 9.08. The lowest BCUT2D eigenvalue weighted by molar-refractivity contribution is 0.202. The number of nitrogens with two attached hydrogens (primary N) is 1. The van der Waals surface area contributed by atoms with Crippen molar-refractivity contribution in [1.29, 1.82) is 0 Å². The first-order valence-corrected chi connectivity index (χ1v) is 6.28. The molecule has 1 aromatic rings. The predicted octanol–water partition coefficient (Wildman–Crippen LogP) is 1.25. The smallest absolute Gasteiger partial charge is 0.317 e. The Bertz CT molecular complexity index is 465. The van der Waals surface area contributed by atoms with E-state index in [1.165, 1.54) is 12.1 Å². The van der Waals surface area contributed by atoms with Gasteiger partial charge in [-0.05, 0) is 13.0 Å². The number of halogens is 1. The van der Waals surface area contributed by atoms with Crippen molar-refractivity contribution in [2.75, 3.05) is 26.2 Å². The number of amides is 2. The molecule has 1 fully saturated rings. The Hall–Kier alpha value is -1.82. The summed E-state index contributed by atoms with van der Waals surface area (Å²) in [4.78, 5) is 13.0. The van der Waals surface area contributed by atoms with Crippen LogP contribution in [0.4, 0.5) is 9.18 Å². The highest BCUT2D eigenvalue weighted by atomic mass is 19.1. The van der Waals surface area contributed by atoms with Crippen LogP contribution >= 0.6 is 0 Å². The third kappa shape index (κ3) is 3.35. The number of hydrogen-bond acceptors (Lipinski definition) is 3. The number of urea groups is 1. The summed E-state index contributed by atoms with van der Waals surface area (Å²) in [5.41, 5.74) is 6.56. The maximum atomic E-state index is 13.2. The maximum Gasteiger partial charge on any atom is 0.317 e. The third-order valence-corrected chi connectivity index (χ3v) is 3.03. The molecule has 1 aliphatic rings. The van der Waals surface area contributed by atoms with Crippen LogP contribution in [0.15, 0.2) is 18.2 Å². The molecule has 0 spiro atoms. The van der Waals surface area contributed by atoms with E-state index in [1.54, 1.807) is 11.0 Å². The molecule has 1 heterocycles. The van der Waals surface area contributed by atoms with Gasteiger partial charge in [0.05, 0.1) is 6.54 Å². The van der Waals surface area contributed by atoms with Gasteiger partial charge in [0.2, 0.25) is 0 Å². The number of ether oxygens (including phenoxy) is 1. The molecule has 2 amide bonds. The minimum atomic E-state index is -0.363. The van der Waals surface area contributed by atoms with Crippen LogP contribution in [0.5, 0.6) is 5.75 Å². The number of carbonyl (C=O) groups excluding carboxylic acids is 1. The number of rotatable bonds is 5. The van der Waals surface area contributed by atoms with Crippen molar-refractivity contribution in [2.24, 2.45) is 5.73 Å². The molecule has 0 saturated carbocycles. The quantitative estimate of drug-likeness (QED) is 0.843. The van der Waals surface area contributed by atoms with E-state index in [1.807, 2.05) is 6.92 Å². The van der Waals surface area contributed by atoms with Crippen LogP contribution in [-0.4, -0.2) is 37.2 Å². The van der Waals surface area contributed by atoms with Crippen LogP contribution in [0, 0.1) is 5.82 Å². The first-order valence-electron chi connectivity index (χ1n) is 6.28. The van der Waals surface area contributed by atoms with Crippen molar-refractivity contribution in [3.63, 3.8) is 0 Å². The molecule has 0 bridgehead atoms. The molecule has 1 saturated heterocycles. The van der Waals surface area contributed by atoms with E-state index in [-0.39, 0.29) is 17.9 Å². The summed E-state index contributed by atoms with van der Waals surface area (Å²) in [5.74, 6) is 0.0768. The normalized spacial score (nSPS) is 16.4. The lowest BCUT2D eigenvalue weighted by atomic mass is 10.1. The fourth-order valence-corrected chi connectivity index (χ4v) is 2.00. The number of nitrogens with one attached hydrogen (secondary N) is 1. The number of benzene rings is 1. The zero-order chi connectivity index (χ0) is 13.8. The van der Waals surface area contributed by atoms with Crippen LogP contribution in [0.1, 0.15) is 18.5 Å². The van der Waals surface area contributed by atoms with Crippen LogP contribution in [0.2, 0.25) is 0 Å². The highest BCUT2D eigenvalue weighted by molar-refractivity contribution is 5.76. The Morgan fingerprint density at radius 3 is 3.00 bits per heavy atom. The van der Waals surface area contributed by atoms with Crippen molar-refractivity contribution >= 4 is 6.03 Å². The fourth-order valence-electron chi connectivity index (χ4n) is 2.00. The topological polar surface area (TPSA) is 67.6 Å². The summed E-state index contributed by atoms with van der Waals surface area (Å²) in [6, 6.07) is 3.99. The van der Waals surface area contributed by atoms with Crippen LogP contribution in [0.3, 0.4) is 0 Å². The average Bonchev–Trinajstić information content (AvgIpc) is 2.75. The van der Waals surface area contributed by atoms with E-state index in [4.69, 9.17) is 10.5 Å². The van der Waals surface area contributed by atoms with E-state index in [2.05, 4.69) is 5.32 Å². The molecule has 0 aliphatic carbocycles. The molecular formula is C13H18FN3O2. The third-order valence-electron chi connectivity index (χ3n) is 3.03. The zero-order valence-corrected chi connectivity index (χ0v) is 10.9. The Kier molecular flexibility index (Phi) is 4.21. The van der Waals surface area contributed by atoms with E-state index < -0.39 is 0 Å². The van der Waals surface area contributed by atoms with Crippen molar-refractivity contribution in [3.05, 3.63) is 29.6 Å². The average molecular weight is 267 g/mol. The highest BCUT2D eigenvalue weighted by Gasteiger charge is 2.19. The van der Waals surface area contributed by atoms with Gasteiger partial charge in [-0.25, -0.2) is 9.18 Å². The molecular weight excluding hydrogens is 249 g/mol. The minimum absolute atomic E-state index is 0.0877. The Labute approximate surface area is 111 Å². The zero-order valence-electron chi connectivity index (χ0n) is 10.9. The van der Waals surface area contributed by atoms with Gasteiger partial charge in [-0.1, -0.05) is 6.07 Å². The molecule has 104 valence electrons. The van der Waals surface area contributed by atoms with E-state index in [9.17, 15) is 9.18 Å². The van der Waals surface area contributed by atoms with Gasteiger partial charge in [0, 0.05) is 30.8 Å². The van der Waals surface area contributed by atoms with E-state index in [0.717, 1.165) is 5.56 Å². The summed E-state index contributed by atoms with van der Waals surface area (Å²) in [6.07, 6.45) is 0. The second-order valence-electron chi connectivity index (χ2n) is 4.54. The van der Waals surface area contributed by atoms with Gasteiger partial charge in [-0.2, -0.15) is 0 Å². The number of hydrogen-bond donors (Lipinski definition) is 2. The molecule has 0 radical (unpaired) electrons. The summed E-state index contributed by atoms with van der Waals surface area (Å²) in [6.45, 7) is 3.93. The SMILES string of the molecule is C[C@H](N)c1ccc(F)cc1OCCN1CCNC1=O. The molecule has 5 nitrogen and oxygen atoms in total. The number of nitrogens with zero attached hydrogens (tertiary/aromatic N) is 1. The van der Waals surface area contributed by atoms with Gasteiger partial charge in [-0.15, -0.1) is 0 Å². The van der Waals surface area contributed by atoms with Crippen LogP contribution < -0.4 is 15.8 Å². The Balaban J connectivity index is 1.95. The molecule has 0 aromatic heterocycles. The maximum absolute atomic E-state index is 13.2. The molecule has 3 N–H and O–H groups in total. The van der Waals surface area contributed by atoms with Crippen molar-refractivity contribution < 1.29 is 13.9 Å². The highest BCUT2D eigenvalue weighted by Crippen LogP contribution is 2.24. The van der Waals surface area contributed by atoms with Gasteiger partial charge >= 0.3 is 6.03 Å². The van der Waals surface area contributed by atoms with Gasteiger partial charge in [0.15, 0.2) is 0 Å². The fraction of sp³-hybridized carbons (Fsp3) is 0.462. The lowest BCUT2D eigenvalue weighted by Gasteiger charge is -2.17. The molecule has 1 aliphatic heterocycles. The second-order valence-corrected chi connectivity index (χ2v) is 4.54. The Morgan fingerprint density at radius 1 is 1.58 bits per heavy atom. The molecule has 0 unspecified atom stereocenters. The molecule has 2 rings (SSSR count). The largest absolute Gasteiger partial charge is 0.491 e. The number of carbonyl (C=O) groups is 1. The van der Waals surface area contributed by atoms with Crippen molar-refractivity contribution in [1.82, 2.24) is 10.2 Å². The second kappa shape index (κ2) is 5.88. The van der Waals surface area contributed by atoms with E-state index in [0.29, 0.717) is 32.0 Å². The van der Waals surface area contributed by atoms with Crippen LogP contribution in [0.25, 0.3) is 0 Å². The molecule has 1 atom stereocenters. The van der Waals surface area contributed by atoms with Crippen LogP contribution in [-0.2, 0) is 0 Å². The Morgan fingerprint density at radius 2 is 2.37 bits per heavy atom. The monoisotopic (exact) mass is 267 g/mol. The standard InChI is InChI=1S/C13H18FN3O2/c1-9(15)11-3-2-10(14)8-12(11)19-7-6-17-5-4-16-13(17)18/h2-3,8-9H,4-7,15H2,1H3,(H,16,18)/t9-/m0/s1. The molecule has 1 aromatic carbocycles. The molecule has 6 heteroatoms. The van der Waals surface area contributed by atoms with Crippen molar-refractivity contribution in [3.8, 4) is 5.75 Å². The summed E-state index contributed by atoms with van der Waals surface area (Å²) < 4.78 is 18.8. The summed E-state index contributed by atoms with van der Waals surface area (Å²) in [7, 11) is 0. The summed E-state index contributed by atoms with van der Waals surface area (Å²) in [5, 5.41) is 2.71. The van der Waals surface area contributed by atoms with Gasteiger partial charge in [-0.3, -0.25) is 0 Å². The van der Waals surface area contributed by atoms with Gasteiger partial charge in [0.1, 0.15) is 18.2 Å². The minimum Gasteiger partial charge on any atom is -0.491 e. The predicted molar refractivity (Wildman–Crippen MR) is 69.5 cm³/mol. The van der Waals surface area contributed by atoms with Gasteiger partial charge in [0.25, 0.3) is 0 Å². The van der Waals surface area contributed by atoms with E-state index >= 15 is 0 Å². The summed E-state index contributed by atoms with van der Waals surface area (Å²) >= 11 is 0. The van der Waals surface area contributed by atoms with Crippen molar-refractivity contribution in [2.45, 2.75) is 13.0 Å².